The molecule has 0 saturated heterocycles. The molecule has 0 unspecified atom stereocenters. The second-order valence-corrected chi connectivity index (χ2v) is 8.43. The maximum atomic E-state index is 12.7. The Morgan fingerprint density at radius 3 is 2.53 bits per heavy atom. The van der Waals surface area contributed by atoms with Crippen molar-refractivity contribution in [3.63, 3.8) is 0 Å². The van der Waals surface area contributed by atoms with Crippen molar-refractivity contribution in [1.82, 2.24) is 0 Å². The van der Waals surface area contributed by atoms with Crippen LogP contribution < -0.4 is 10.1 Å². The standard InChI is InChI=1S/C29H22ClNO3/c1-18(14-29(32)31-26-13-6-5-12-25(26)30)22-15-23-24(17-34-28(23)16-27(22)33-2)21-11-7-9-19-8-3-4-10-20(19)21/h3-17H,1-2H3,(H,31,32)/b18-14+. The Morgan fingerprint density at radius 2 is 1.71 bits per heavy atom. The first kappa shape index (κ1) is 21.8. The molecule has 5 aromatic rings. The molecule has 4 aromatic carbocycles. The first-order chi connectivity index (χ1) is 16.5. The number of carbonyl (C=O) groups is 1. The van der Waals surface area contributed by atoms with Gasteiger partial charge in [0.25, 0.3) is 0 Å². The molecule has 168 valence electrons. The lowest BCUT2D eigenvalue weighted by Gasteiger charge is -2.11. The van der Waals surface area contributed by atoms with Gasteiger partial charge >= 0.3 is 0 Å². The number of rotatable bonds is 5. The Morgan fingerprint density at radius 1 is 0.941 bits per heavy atom. The molecule has 0 aliphatic heterocycles. The Kier molecular flexibility index (Phi) is 5.83. The van der Waals surface area contributed by atoms with Crippen molar-refractivity contribution in [2.75, 3.05) is 12.4 Å². The van der Waals surface area contributed by atoms with E-state index in [1.165, 1.54) is 0 Å². The third kappa shape index (κ3) is 4.04. The second kappa shape index (κ2) is 9.08. The number of allylic oxidation sites excluding steroid dienone is 1. The molecule has 0 spiro atoms. The third-order valence-electron chi connectivity index (χ3n) is 5.88. The first-order valence-electron chi connectivity index (χ1n) is 10.9. The molecule has 0 bridgehead atoms. The highest BCUT2D eigenvalue weighted by molar-refractivity contribution is 6.33. The summed E-state index contributed by atoms with van der Waals surface area (Å²) in [4.78, 5) is 12.7. The van der Waals surface area contributed by atoms with Crippen LogP contribution in [0.25, 0.3) is 38.4 Å². The van der Waals surface area contributed by atoms with E-state index >= 15 is 0 Å². The van der Waals surface area contributed by atoms with Gasteiger partial charge < -0.3 is 14.5 Å². The predicted octanol–water partition coefficient (Wildman–Crippen LogP) is 7.96. The molecule has 0 aliphatic carbocycles. The number of para-hydroxylation sites is 1. The molecular formula is C29H22ClNO3. The highest BCUT2D eigenvalue weighted by Crippen LogP contribution is 2.39. The van der Waals surface area contributed by atoms with Crippen LogP contribution >= 0.6 is 11.6 Å². The van der Waals surface area contributed by atoms with E-state index < -0.39 is 0 Å². The Labute approximate surface area is 202 Å². The first-order valence-corrected chi connectivity index (χ1v) is 11.2. The Balaban J connectivity index is 1.58. The van der Waals surface area contributed by atoms with Crippen molar-refractivity contribution in [2.45, 2.75) is 6.92 Å². The lowest BCUT2D eigenvalue weighted by atomic mass is 9.96. The molecule has 0 fully saturated rings. The molecule has 1 heterocycles. The normalized spacial score (nSPS) is 11.7. The monoisotopic (exact) mass is 467 g/mol. The summed E-state index contributed by atoms with van der Waals surface area (Å²) in [6, 6.07) is 25.5. The molecule has 1 aromatic heterocycles. The van der Waals surface area contributed by atoms with E-state index in [4.69, 9.17) is 20.8 Å². The second-order valence-electron chi connectivity index (χ2n) is 8.02. The molecule has 0 aliphatic rings. The number of hydrogen-bond donors (Lipinski definition) is 1. The van der Waals surface area contributed by atoms with Crippen LogP contribution in [0.5, 0.6) is 5.75 Å². The SMILES string of the molecule is COc1cc2occ(-c3cccc4ccccc34)c2cc1/C(C)=C/C(=O)Nc1ccccc1Cl. The van der Waals surface area contributed by atoms with Crippen molar-refractivity contribution in [3.05, 3.63) is 102 Å². The number of ether oxygens (including phenoxy) is 1. The predicted molar refractivity (Wildman–Crippen MR) is 139 cm³/mol. The van der Waals surface area contributed by atoms with Crippen LogP contribution in [-0.4, -0.2) is 13.0 Å². The molecule has 5 heteroatoms. The van der Waals surface area contributed by atoms with Gasteiger partial charge in [0, 0.05) is 28.7 Å². The van der Waals surface area contributed by atoms with E-state index in [1.807, 2.05) is 49.4 Å². The maximum absolute atomic E-state index is 12.7. The number of hydrogen-bond acceptors (Lipinski definition) is 3. The molecule has 0 radical (unpaired) electrons. The molecule has 0 atom stereocenters. The van der Waals surface area contributed by atoms with E-state index in [1.54, 1.807) is 31.6 Å². The number of furan rings is 1. The van der Waals surface area contributed by atoms with Gasteiger partial charge in [-0.1, -0.05) is 66.2 Å². The van der Waals surface area contributed by atoms with E-state index in [-0.39, 0.29) is 5.91 Å². The zero-order valence-corrected chi connectivity index (χ0v) is 19.5. The smallest absolute Gasteiger partial charge is 0.248 e. The Hall–Kier alpha value is -4.02. The fourth-order valence-electron chi connectivity index (χ4n) is 4.21. The maximum Gasteiger partial charge on any atom is 0.248 e. The number of nitrogens with one attached hydrogen (secondary N) is 1. The third-order valence-corrected chi connectivity index (χ3v) is 6.21. The highest BCUT2D eigenvalue weighted by atomic mass is 35.5. The quantitative estimate of drug-likeness (QED) is 0.267. The number of fused-ring (bicyclic) bond motifs is 2. The van der Waals surface area contributed by atoms with E-state index in [2.05, 4.69) is 29.6 Å². The van der Waals surface area contributed by atoms with Gasteiger partial charge in [0.05, 0.1) is 24.1 Å². The summed E-state index contributed by atoms with van der Waals surface area (Å²) in [6.07, 6.45) is 3.32. The van der Waals surface area contributed by atoms with Crippen LogP contribution in [0.2, 0.25) is 5.02 Å². The summed E-state index contributed by atoms with van der Waals surface area (Å²) in [7, 11) is 1.61. The molecular weight excluding hydrogens is 446 g/mol. The van der Waals surface area contributed by atoms with Crippen LogP contribution in [0.1, 0.15) is 12.5 Å². The lowest BCUT2D eigenvalue weighted by molar-refractivity contribution is -0.111. The number of anilines is 1. The average Bonchev–Trinajstić information content (AvgIpc) is 3.27. The van der Waals surface area contributed by atoms with Gasteiger partial charge in [-0.2, -0.15) is 0 Å². The van der Waals surface area contributed by atoms with E-state index in [9.17, 15) is 4.79 Å². The van der Waals surface area contributed by atoms with Gasteiger partial charge in [-0.3, -0.25) is 4.79 Å². The topological polar surface area (TPSA) is 51.5 Å². The summed E-state index contributed by atoms with van der Waals surface area (Å²) in [5.41, 5.74) is 4.93. The van der Waals surface area contributed by atoms with Crippen molar-refractivity contribution < 1.29 is 13.9 Å². The zero-order chi connectivity index (χ0) is 23.7. The van der Waals surface area contributed by atoms with Gasteiger partial charge in [0.2, 0.25) is 5.91 Å². The molecule has 34 heavy (non-hydrogen) atoms. The summed E-state index contributed by atoms with van der Waals surface area (Å²) >= 11 is 6.17. The molecule has 0 saturated carbocycles. The van der Waals surface area contributed by atoms with Crippen LogP contribution in [-0.2, 0) is 4.79 Å². The van der Waals surface area contributed by atoms with Gasteiger partial charge in [-0.25, -0.2) is 0 Å². The largest absolute Gasteiger partial charge is 0.496 e. The Bertz CT molecular complexity index is 1560. The summed E-state index contributed by atoms with van der Waals surface area (Å²) in [5.74, 6) is 0.361. The fourth-order valence-corrected chi connectivity index (χ4v) is 4.39. The van der Waals surface area contributed by atoms with Gasteiger partial charge in [-0.05, 0) is 47.0 Å². The summed E-state index contributed by atoms with van der Waals surface area (Å²) in [6.45, 7) is 1.88. The van der Waals surface area contributed by atoms with Crippen molar-refractivity contribution >= 4 is 50.5 Å². The lowest BCUT2D eigenvalue weighted by Crippen LogP contribution is -2.09. The van der Waals surface area contributed by atoms with E-state index in [0.717, 1.165) is 44.0 Å². The minimum atomic E-state index is -0.269. The number of methoxy groups -OCH3 is 1. The molecule has 5 rings (SSSR count). The van der Waals surface area contributed by atoms with Crippen LogP contribution in [0.4, 0.5) is 5.69 Å². The van der Waals surface area contributed by atoms with Crippen molar-refractivity contribution in [2.24, 2.45) is 0 Å². The average molecular weight is 468 g/mol. The van der Waals surface area contributed by atoms with E-state index in [0.29, 0.717) is 16.5 Å². The highest BCUT2D eigenvalue weighted by Gasteiger charge is 2.16. The number of benzene rings is 4. The molecule has 1 N–H and O–H groups in total. The summed E-state index contributed by atoms with van der Waals surface area (Å²) < 4.78 is 11.5. The van der Waals surface area contributed by atoms with Crippen molar-refractivity contribution in [3.8, 4) is 16.9 Å². The number of carbonyl (C=O) groups excluding carboxylic acids is 1. The molecule has 4 nitrogen and oxygen atoms in total. The van der Waals surface area contributed by atoms with Gasteiger partial charge in [-0.15, -0.1) is 0 Å². The van der Waals surface area contributed by atoms with Crippen LogP contribution in [0.15, 0.2) is 95.6 Å². The van der Waals surface area contributed by atoms with Crippen molar-refractivity contribution in [1.29, 1.82) is 0 Å². The number of halogens is 1. The molecule has 1 amide bonds. The van der Waals surface area contributed by atoms with Crippen LogP contribution in [0.3, 0.4) is 0 Å². The minimum Gasteiger partial charge on any atom is -0.496 e. The van der Waals surface area contributed by atoms with Gasteiger partial charge in [0.15, 0.2) is 0 Å². The van der Waals surface area contributed by atoms with Gasteiger partial charge in [0.1, 0.15) is 11.3 Å². The minimum absolute atomic E-state index is 0.269. The van der Waals surface area contributed by atoms with Crippen LogP contribution in [0, 0.1) is 0 Å². The number of amides is 1. The fraction of sp³-hybridized carbons (Fsp3) is 0.0690. The summed E-state index contributed by atoms with van der Waals surface area (Å²) in [5, 5.41) is 6.58. The zero-order valence-electron chi connectivity index (χ0n) is 18.8.